The topological polar surface area (TPSA) is 51.2 Å². The number of guanidine groups is 1. The molecule has 0 bridgehead atoms. The van der Waals surface area contributed by atoms with Gasteiger partial charge in [-0.2, -0.15) is 0 Å². The first-order valence-electron chi connectivity index (χ1n) is 10.9. The smallest absolute Gasteiger partial charge is 0.222 e. The number of carbonyl (C=O) groups excluding carboxylic acids is 1. The SMILES string of the molecule is CN=C(NCc1ccc(CN2CCCC2=O)cc1)N1CCN(c2ccccc2F)CC1. The van der Waals surface area contributed by atoms with Gasteiger partial charge in [-0.1, -0.05) is 36.4 Å². The summed E-state index contributed by atoms with van der Waals surface area (Å²) in [7, 11) is 1.79. The number of amides is 1. The van der Waals surface area contributed by atoms with Gasteiger partial charge in [-0.05, 0) is 29.7 Å². The number of anilines is 1. The van der Waals surface area contributed by atoms with Crippen molar-refractivity contribution in [3.05, 3.63) is 65.5 Å². The van der Waals surface area contributed by atoms with Crippen molar-refractivity contribution in [2.75, 3.05) is 44.7 Å². The van der Waals surface area contributed by atoms with Crippen LogP contribution in [-0.2, 0) is 17.9 Å². The Balaban J connectivity index is 1.27. The van der Waals surface area contributed by atoms with Gasteiger partial charge in [-0.25, -0.2) is 4.39 Å². The van der Waals surface area contributed by atoms with Gasteiger partial charge in [-0.15, -0.1) is 0 Å². The van der Waals surface area contributed by atoms with Crippen LogP contribution in [0.3, 0.4) is 0 Å². The molecule has 2 aliphatic rings. The van der Waals surface area contributed by atoms with Crippen LogP contribution in [0.15, 0.2) is 53.5 Å². The van der Waals surface area contributed by atoms with Gasteiger partial charge in [0, 0.05) is 59.3 Å². The normalized spacial score (nSPS) is 17.4. The van der Waals surface area contributed by atoms with E-state index in [9.17, 15) is 9.18 Å². The van der Waals surface area contributed by atoms with E-state index in [0.29, 0.717) is 25.2 Å². The number of para-hydroxylation sites is 1. The maximum Gasteiger partial charge on any atom is 0.222 e. The standard InChI is InChI=1S/C24H30FN5O/c1-26-24(29-15-13-28(14-16-29)22-6-3-2-5-21(22)25)27-17-19-8-10-20(11-9-19)18-30-12-4-7-23(30)31/h2-3,5-6,8-11H,4,7,12-18H2,1H3,(H,26,27). The number of rotatable bonds is 5. The summed E-state index contributed by atoms with van der Waals surface area (Å²) < 4.78 is 14.1. The molecular formula is C24H30FN5O. The molecule has 0 aromatic heterocycles. The Morgan fingerprint density at radius 1 is 1.00 bits per heavy atom. The lowest BCUT2D eigenvalue weighted by Gasteiger charge is -2.37. The summed E-state index contributed by atoms with van der Waals surface area (Å²) >= 11 is 0. The molecule has 2 aromatic carbocycles. The lowest BCUT2D eigenvalue weighted by molar-refractivity contribution is -0.128. The summed E-state index contributed by atoms with van der Waals surface area (Å²) in [6, 6.07) is 15.3. The minimum atomic E-state index is -0.170. The van der Waals surface area contributed by atoms with Crippen molar-refractivity contribution in [3.63, 3.8) is 0 Å². The van der Waals surface area contributed by atoms with E-state index < -0.39 is 0 Å². The van der Waals surface area contributed by atoms with Gasteiger partial charge in [0.2, 0.25) is 5.91 Å². The van der Waals surface area contributed by atoms with Crippen LogP contribution < -0.4 is 10.2 Å². The zero-order valence-corrected chi connectivity index (χ0v) is 18.1. The van der Waals surface area contributed by atoms with E-state index in [1.165, 1.54) is 11.6 Å². The number of halogens is 1. The largest absolute Gasteiger partial charge is 0.366 e. The van der Waals surface area contributed by atoms with Gasteiger partial charge in [-0.3, -0.25) is 9.79 Å². The maximum atomic E-state index is 14.1. The summed E-state index contributed by atoms with van der Waals surface area (Å²) in [5, 5.41) is 3.44. The lowest BCUT2D eigenvalue weighted by Crippen LogP contribution is -2.52. The van der Waals surface area contributed by atoms with Crippen molar-refractivity contribution in [2.24, 2.45) is 4.99 Å². The average molecular weight is 424 g/mol. The van der Waals surface area contributed by atoms with E-state index in [4.69, 9.17) is 0 Å². The maximum absolute atomic E-state index is 14.1. The molecule has 164 valence electrons. The van der Waals surface area contributed by atoms with Crippen molar-refractivity contribution in [3.8, 4) is 0 Å². The van der Waals surface area contributed by atoms with Crippen molar-refractivity contribution in [2.45, 2.75) is 25.9 Å². The zero-order valence-electron chi connectivity index (χ0n) is 18.1. The predicted octanol–water partition coefficient (Wildman–Crippen LogP) is 2.85. The molecule has 1 amide bonds. The zero-order chi connectivity index (χ0) is 21.6. The Labute approximate surface area is 183 Å². The third-order valence-corrected chi connectivity index (χ3v) is 6.00. The fourth-order valence-electron chi connectivity index (χ4n) is 4.23. The molecule has 6 nitrogen and oxygen atoms in total. The number of aliphatic imine (C=N–C) groups is 1. The van der Waals surface area contributed by atoms with E-state index in [0.717, 1.165) is 50.7 Å². The summed E-state index contributed by atoms with van der Waals surface area (Å²) in [5.41, 5.74) is 3.00. The molecule has 7 heteroatoms. The Morgan fingerprint density at radius 2 is 1.71 bits per heavy atom. The molecule has 4 rings (SSSR count). The number of benzene rings is 2. The van der Waals surface area contributed by atoms with E-state index >= 15 is 0 Å². The van der Waals surface area contributed by atoms with Crippen LogP contribution >= 0.6 is 0 Å². The van der Waals surface area contributed by atoms with E-state index in [1.807, 2.05) is 17.0 Å². The molecule has 2 aromatic rings. The van der Waals surface area contributed by atoms with Crippen molar-refractivity contribution >= 4 is 17.6 Å². The van der Waals surface area contributed by atoms with Gasteiger partial charge < -0.3 is 20.0 Å². The molecule has 0 aliphatic carbocycles. The number of carbonyl (C=O) groups is 1. The van der Waals surface area contributed by atoms with E-state index in [-0.39, 0.29) is 11.7 Å². The Bertz CT molecular complexity index is 922. The first-order chi connectivity index (χ1) is 15.1. The minimum Gasteiger partial charge on any atom is -0.366 e. The van der Waals surface area contributed by atoms with Crippen LogP contribution in [0.25, 0.3) is 0 Å². The first-order valence-corrected chi connectivity index (χ1v) is 10.9. The van der Waals surface area contributed by atoms with Gasteiger partial charge in [0.15, 0.2) is 5.96 Å². The van der Waals surface area contributed by atoms with Gasteiger partial charge >= 0.3 is 0 Å². The third kappa shape index (κ3) is 5.16. The molecule has 0 atom stereocenters. The minimum absolute atomic E-state index is 0.170. The second-order valence-corrected chi connectivity index (χ2v) is 8.06. The summed E-state index contributed by atoms with van der Waals surface area (Å²) in [4.78, 5) is 22.5. The fraction of sp³-hybridized carbons (Fsp3) is 0.417. The van der Waals surface area contributed by atoms with Crippen LogP contribution in [0, 0.1) is 5.82 Å². The molecule has 2 heterocycles. The monoisotopic (exact) mass is 423 g/mol. The highest BCUT2D eigenvalue weighted by atomic mass is 19.1. The fourth-order valence-corrected chi connectivity index (χ4v) is 4.23. The van der Waals surface area contributed by atoms with Crippen LogP contribution in [0.4, 0.5) is 10.1 Å². The van der Waals surface area contributed by atoms with Crippen LogP contribution in [0.2, 0.25) is 0 Å². The van der Waals surface area contributed by atoms with Crippen LogP contribution in [0.1, 0.15) is 24.0 Å². The number of nitrogens with one attached hydrogen (secondary N) is 1. The molecule has 0 unspecified atom stereocenters. The lowest BCUT2D eigenvalue weighted by atomic mass is 10.1. The number of piperazine rings is 1. The highest BCUT2D eigenvalue weighted by Gasteiger charge is 2.22. The van der Waals surface area contributed by atoms with Crippen LogP contribution in [-0.4, -0.2) is 61.4 Å². The summed E-state index contributed by atoms with van der Waals surface area (Å²) in [6.45, 7) is 5.33. The first kappa shape index (κ1) is 21.2. The molecule has 1 N–H and O–H groups in total. The number of hydrogen-bond acceptors (Lipinski definition) is 3. The number of likely N-dealkylation sites (tertiary alicyclic amines) is 1. The van der Waals surface area contributed by atoms with Crippen LogP contribution in [0.5, 0.6) is 0 Å². The molecule has 0 saturated carbocycles. The molecular weight excluding hydrogens is 393 g/mol. The number of nitrogens with zero attached hydrogens (tertiary/aromatic N) is 4. The molecule has 2 aliphatic heterocycles. The van der Waals surface area contributed by atoms with Gasteiger partial charge in [0.25, 0.3) is 0 Å². The van der Waals surface area contributed by atoms with E-state index in [2.05, 4.69) is 44.4 Å². The Kier molecular flexibility index (Phi) is 6.70. The van der Waals surface area contributed by atoms with Crippen molar-refractivity contribution in [1.82, 2.24) is 15.1 Å². The van der Waals surface area contributed by atoms with Gasteiger partial charge in [0.1, 0.15) is 5.82 Å². The second kappa shape index (κ2) is 9.81. The predicted molar refractivity (Wildman–Crippen MR) is 121 cm³/mol. The average Bonchev–Trinajstić information content (AvgIpc) is 3.20. The molecule has 2 fully saturated rings. The van der Waals surface area contributed by atoms with E-state index in [1.54, 1.807) is 13.1 Å². The van der Waals surface area contributed by atoms with Gasteiger partial charge in [0.05, 0.1) is 5.69 Å². The van der Waals surface area contributed by atoms with Crippen molar-refractivity contribution < 1.29 is 9.18 Å². The molecule has 31 heavy (non-hydrogen) atoms. The Hall–Kier alpha value is -3.09. The highest BCUT2D eigenvalue weighted by Crippen LogP contribution is 2.20. The quantitative estimate of drug-likeness (QED) is 0.594. The molecule has 0 radical (unpaired) electrons. The van der Waals surface area contributed by atoms with Crippen molar-refractivity contribution in [1.29, 1.82) is 0 Å². The summed E-state index contributed by atoms with van der Waals surface area (Å²) in [6.07, 6.45) is 1.64. The Morgan fingerprint density at radius 3 is 2.35 bits per heavy atom. The second-order valence-electron chi connectivity index (χ2n) is 8.06. The number of hydrogen-bond donors (Lipinski definition) is 1. The molecule has 2 saturated heterocycles. The third-order valence-electron chi connectivity index (χ3n) is 6.00. The summed E-state index contributed by atoms with van der Waals surface area (Å²) in [5.74, 6) is 0.945. The highest BCUT2D eigenvalue weighted by molar-refractivity contribution is 5.80. The molecule has 0 spiro atoms.